The Morgan fingerprint density at radius 1 is 1.14 bits per heavy atom. The van der Waals surface area contributed by atoms with E-state index in [0.29, 0.717) is 24.2 Å². The van der Waals surface area contributed by atoms with Crippen molar-refractivity contribution in [2.45, 2.75) is 32.7 Å². The molecule has 1 aromatic carbocycles. The summed E-state index contributed by atoms with van der Waals surface area (Å²) >= 11 is 0. The Balaban J connectivity index is 1.81. The lowest BCUT2D eigenvalue weighted by Gasteiger charge is -2.21. The van der Waals surface area contributed by atoms with Gasteiger partial charge in [0, 0.05) is 17.8 Å². The number of aromatic nitrogens is 3. The van der Waals surface area contributed by atoms with Gasteiger partial charge in [-0.2, -0.15) is 4.98 Å². The molecular formula is C21H20F2N4O2. The van der Waals surface area contributed by atoms with Gasteiger partial charge in [-0.05, 0) is 49.9 Å². The van der Waals surface area contributed by atoms with Crippen LogP contribution in [0, 0.1) is 25.5 Å². The van der Waals surface area contributed by atoms with Crippen LogP contribution in [0.4, 0.5) is 20.4 Å². The number of anilines is 2. The molecule has 0 saturated heterocycles. The van der Waals surface area contributed by atoms with Crippen LogP contribution in [-0.4, -0.2) is 21.6 Å². The van der Waals surface area contributed by atoms with Crippen LogP contribution in [0.2, 0.25) is 0 Å². The number of benzene rings is 1. The Labute approximate surface area is 166 Å². The molecule has 0 radical (unpaired) electrons. The first-order chi connectivity index (χ1) is 13.9. The van der Waals surface area contributed by atoms with Gasteiger partial charge in [-0.15, -0.1) is 0 Å². The molecule has 4 rings (SSSR count). The molecule has 6 nitrogen and oxygen atoms in total. The van der Waals surface area contributed by atoms with Crippen molar-refractivity contribution in [1.82, 2.24) is 14.5 Å². The standard InChI is InChI=1S/C21H20F2N4O2/c1-11-6-13(8-14(22)7-11)18-5-4-15-9-19(28)26-21(27(15)18)25-17-10-16(23)20(29-3)24-12(17)2/h6-10,18H,4-5H2,1-3H3,(H,25,26,28). The second-order valence-electron chi connectivity index (χ2n) is 7.13. The van der Waals surface area contributed by atoms with Crippen LogP contribution in [0.1, 0.15) is 35.0 Å². The fourth-order valence-corrected chi connectivity index (χ4v) is 3.80. The summed E-state index contributed by atoms with van der Waals surface area (Å²) in [5.74, 6) is -0.775. The molecule has 1 N–H and O–H groups in total. The number of hydrogen-bond acceptors (Lipinski definition) is 5. The van der Waals surface area contributed by atoms with Gasteiger partial charge in [-0.1, -0.05) is 6.07 Å². The van der Waals surface area contributed by atoms with Crippen LogP contribution in [0.3, 0.4) is 0 Å². The number of nitrogens with zero attached hydrogens (tertiary/aromatic N) is 3. The summed E-state index contributed by atoms with van der Waals surface area (Å²) in [5.41, 5.74) is 2.87. The van der Waals surface area contributed by atoms with Crippen LogP contribution < -0.4 is 15.6 Å². The molecule has 3 heterocycles. The number of hydrogen-bond donors (Lipinski definition) is 1. The molecule has 0 aliphatic carbocycles. The number of fused-ring (bicyclic) bond motifs is 1. The van der Waals surface area contributed by atoms with E-state index in [0.717, 1.165) is 16.8 Å². The van der Waals surface area contributed by atoms with Crippen LogP contribution in [0.15, 0.2) is 35.1 Å². The Kier molecular flexibility index (Phi) is 4.77. The van der Waals surface area contributed by atoms with Crippen LogP contribution in [0.25, 0.3) is 0 Å². The molecule has 1 atom stereocenters. The Hall–Kier alpha value is -3.29. The van der Waals surface area contributed by atoms with Gasteiger partial charge in [0.05, 0.1) is 24.5 Å². The highest BCUT2D eigenvalue weighted by atomic mass is 19.1. The zero-order chi connectivity index (χ0) is 20.7. The minimum absolute atomic E-state index is 0.107. The van der Waals surface area contributed by atoms with Crippen molar-refractivity contribution in [1.29, 1.82) is 0 Å². The largest absolute Gasteiger partial charge is 0.479 e. The van der Waals surface area contributed by atoms with Crippen LogP contribution >= 0.6 is 0 Å². The Bertz CT molecular complexity index is 1140. The third-order valence-corrected chi connectivity index (χ3v) is 5.05. The highest BCUT2D eigenvalue weighted by molar-refractivity contribution is 5.58. The maximum Gasteiger partial charge on any atom is 0.274 e. The highest BCUT2D eigenvalue weighted by Crippen LogP contribution is 2.35. The zero-order valence-electron chi connectivity index (χ0n) is 16.3. The lowest BCUT2D eigenvalue weighted by atomic mass is 10.0. The van der Waals surface area contributed by atoms with E-state index in [1.165, 1.54) is 31.4 Å². The normalized spacial score (nSPS) is 15.3. The van der Waals surface area contributed by atoms with E-state index in [4.69, 9.17) is 4.74 Å². The van der Waals surface area contributed by atoms with Crippen molar-refractivity contribution in [3.63, 3.8) is 0 Å². The molecule has 150 valence electrons. The summed E-state index contributed by atoms with van der Waals surface area (Å²) in [6.07, 6.45) is 1.36. The third kappa shape index (κ3) is 3.57. The predicted molar refractivity (Wildman–Crippen MR) is 105 cm³/mol. The summed E-state index contributed by atoms with van der Waals surface area (Å²) in [7, 11) is 1.34. The minimum atomic E-state index is -0.627. The third-order valence-electron chi connectivity index (χ3n) is 5.05. The molecule has 8 heteroatoms. The van der Waals surface area contributed by atoms with Gasteiger partial charge in [-0.3, -0.25) is 4.79 Å². The molecule has 0 spiro atoms. The second-order valence-corrected chi connectivity index (χ2v) is 7.13. The first kappa shape index (κ1) is 19.0. The van der Waals surface area contributed by atoms with Crippen molar-refractivity contribution in [3.05, 3.63) is 74.8 Å². The second kappa shape index (κ2) is 7.27. The molecule has 1 aliphatic rings. The number of ether oxygens (including phenoxy) is 1. The monoisotopic (exact) mass is 398 g/mol. The number of halogens is 2. The Morgan fingerprint density at radius 3 is 2.66 bits per heavy atom. The van der Waals surface area contributed by atoms with Crippen LogP contribution in [-0.2, 0) is 6.42 Å². The fraction of sp³-hybridized carbons (Fsp3) is 0.286. The first-order valence-corrected chi connectivity index (χ1v) is 9.23. The zero-order valence-corrected chi connectivity index (χ0v) is 16.3. The van der Waals surface area contributed by atoms with Crippen molar-refractivity contribution < 1.29 is 13.5 Å². The van der Waals surface area contributed by atoms with Gasteiger partial charge in [0.25, 0.3) is 5.56 Å². The molecular weight excluding hydrogens is 378 g/mol. The number of aryl methyl sites for hydroxylation is 3. The molecule has 3 aromatic rings. The smallest absolute Gasteiger partial charge is 0.274 e. The first-order valence-electron chi connectivity index (χ1n) is 9.23. The number of rotatable bonds is 4. The minimum Gasteiger partial charge on any atom is -0.479 e. The lowest BCUT2D eigenvalue weighted by Crippen LogP contribution is -2.20. The highest BCUT2D eigenvalue weighted by Gasteiger charge is 2.27. The van der Waals surface area contributed by atoms with Crippen molar-refractivity contribution in [2.75, 3.05) is 12.4 Å². The average molecular weight is 398 g/mol. The molecule has 1 aliphatic heterocycles. The van der Waals surface area contributed by atoms with E-state index in [2.05, 4.69) is 15.3 Å². The van der Waals surface area contributed by atoms with E-state index >= 15 is 0 Å². The SMILES string of the molecule is COc1nc(C)c(Nc2nc(=O)cc3n2C(c2cc(C)cc(F)c2)CC3)cc1F. The molecule has 1 unspecified atom stereocenters. The van der Waals surface area contributed by atoms with Crippen molar-refractivity contribution in [3.8, 4) is 5.88 Å². The summed E-state index contributed by atoms with van der Waals surface area (Å²) in [6.45, 7) is 3.53. The quantitative estimate of drug-likeness (QED) is 0.724. The molecule has 2 aromatic heterocycles. The average Bonchev–Trinajstić information content (AvgIpc) is 3.07. The summed E-state index contributed by atoms with van der Waals surface area (Å²) in [4.78, 5) is 20.3. The molecule has 0 saturated carbocycles. The van der Waals surface area contributed by atoms with E-state index in [1.807, 2.05) is 17.6 Å². The van der Waals surface area contributed by atoms with E-state index in [9.17, 15) is 13.6 Å². The number of pyridine rings is 1. The summed E-state index contributed by atoms with van der Waals surface area (Å²) in [5, 5.41) is 3.03. The molecule has 29 heavy (non-hydrogen) atoms. The van der Waals surface area contributed by atoms with Gasteiger partial charge in [-0.25, -0.2) is 13.8 Å². The van der Waals surface area contributed by atoms with Gasteiger partial charge in [0.15, 0.2) is 5.82 Å². The Morgan fingerprint density at radius 2 is 1.93 bits per heavy atom. The van der Waals surface area contributed by atoms with Crippen molar-refractivity contribution in [2.24, 2.45) is 0 Å². The number of nitrogens with one attached hydrogen (secondary N) is 1. The van der Waals surface area contributed by atoms with E-state index < -0.39 is 11.4 Å². The van der Waals surface area contributed by atoms with E-state index in [1.54, 1.807) is 6.92 Å². The number of methoxy groups -OCH3 is 1. The van der Waals surface area contributed by atoms with Crippen LogP contribution in [0.5, 0.6) is 5.88 Å². The fourth-order valence-electron chi connectivity index (χ4n) is 3.80. The van der Waals surface area contributed by atoms with Crippen molar-refractivity contribution >= 4 is 11.6 Å². The maximum atomic E-state index is 14.2. The molecule has 0 amide bonds. The van der Waals surface area contributed by atoms with Gasteiger partial charge in [0.2, 0.25) is 11.8 Å². The maximum absolute atomic E-state index is 14.2. The van der Waals surface area contributed by atoms with Gasteiger partial charge >= 0.3 is 0 Å². The lowest BCUT2D eigenvalue weighted by molar-refractivity contribution is 0.368. The van der Waals surface area contributed by atoms with E-state index in [-0.39, 0.29) is 23.7 Å². The molecule has 0 bridgehead atoms. The summed E-state index contributed by atoms with van der Waals surface area (Å²) < 4.78 is 34.9. The topological polar surface area (TPSA) is 69.0 Å². The van der Waals surface area contributed by atoms with Gasteiger partial charge < -0.3 is 14.6 Å². The van der Waals surface area contributed by atoms with Gasteiger partial charge in [0.1, 0.15) is 5.82 Å². The summed E-state index contributed by atoms with van der Waals surface area (Å²) in [6, 6.07) is 7.43. The predicted octanol–water partition coefficient (Wildman–Crippen LogP) is 3.82. The molecule has 0 fully saturated rings.